The molecule has 1 aliphatic heterocycles. The molecule has 3 rings (SSSR count). The van der Waals surface area contributed by atoms with Gasteiger partial charge in [-0.2, -0.15) is 0 Å². The second kappa shape index (κ2) is 5.84. The molecule has 0 atom stereocenters. The molecule has 1 heterocycles. The number of benzene rings is 2. The van der Waals surface area contributed by atoms with Crippen LogP contribution in [0, 0.1) is 5.82 Å². The van der Waals surface area contributed by atoms with E-state index in [1.54, 1.807) is 6.07 Å². The molecule has 3 nitrogen and oxygen atoms in total. The smallest absolute Gasteiger partial charge is 0.255 e. The highest BCUT2D eigenvalue weighted by atomic mass is 35.5. The van der Waals surface area contributed by atoms with Crippen molar-refractivity contribution < 1.29 is 9.18 Å². The molecule has 0 saturated heterocycles. The Balaban J connectivity index is 1.82. The second-order valence-corrected chi connectivity index (χ2v) is 5.40. The van der Waals surface area contributed by atoms with E-state index in [1.165, 1.54) is 23.8 Å². The summed E-state index contributed by atoms with van der Waals surface area (Å²) in [6.07, 6.45) is 0.973. The van der Waals surface area contributed by atoms with E-state index in [1.807, 2.05) is 12.1 Å². The summed E-state index contributed by atoms with van der Waals surface area (Å²) in [5.74, 6) is -0.685. The fourth-order valence-corrected chi connectivity index (χ4v) is 2.62. The molecule has 1 amide bonds. The Hall–Kier alpha value is -1.91. The number of carbonyl (C=O) groups is 1. The summed E-state index contributed by atoms with van der Waals surface area (Å²) < 4.78 is 13.0. The minimum atomic E-state index is -0.433. The molecule has 2 aromatic rings. The second-order valence-electron chi connectivity index (χ2n) is 4.99. The average molecular weight is 305 g/mol. The van der Waals surface area contributed by atoms with Crippen LogP contribution in [0.15, 0.2) is 36.4 Å². The highest BCUT2D eigenvalue weighted by Crippen LogP contribution is 2.23. The van der Waals surface area contributed by atoms with Crippen LogP contribution in [0.1, 0.15) is 21.5 Å². The molecular formula is C16H14ClFN2O. The average Bonchev–Trinajstić information content (AvgIpc) is 2.49. The van der Waals surface area contributed by atoms with Crippen LogP contribution >= 0.6 is 11.6 Å². The number of halogens is 2. The van der Waals surface area contributed by atoms with Gasteiger partial charge in [-0.05, 0) is 54.4 Å². The number of nitrogens with one attached hydrogen (secondary N) is 2. The Kier molecular flexibility index (Phi) is 3.90. The number of hydrogen-bond donors (Lipinski definition) is 2. The van der Waals surface area contributed by atoms with E-state index in [0.29, 0.717) is 11.3 Å². The monoisotopic (exact) mass is 304 g/mol. The van der Waals surface area contributed by atoms with Crippen molar-refractivity contribution in [3.05, 3.63) is 63.9 Å². The van der Waals surface area contributed by atoms with Gasteiger partial charge in [0.2, 0.25) is 0 Å². The lowest BCUT2D eigenvalue weighted by atomic mass is 9.98. The molecule has 0 saturated carbocycles. The highest BCUT2D eigenvalue weighted by molar-refractivity contribution is 6.33. The first kappa shape index (κ1) is 14.0. The summed E-state index contributed by atoms with van der Waals surface area (Å²) in [4.78, 5) is 12.3. The molecule has 1 aliphatic rings. The van der Waals surface area contributed by atoms with Gasteiger partial charge in [0.25, 0.3) is 5.91 Å². The van der Waals surface area contributed by atoms with E-state index in [4.69, 9.17) is 11.6 Å². The van der Waals surface area contributed by atoms with Gasteiger partial charge in [0.15, 0.2) is 0 Å². The van der Waals surface area contributed by atoms with Crippen LogP contribution in [0.4, 0.5) is 10.1 Å². The summed E-state index contributed by atoms with van der Waals surface area (Å²) in [6, 6.07) is 9.56. The molecule has 2 N–H and O–H groups in total. The van der Waals surface area contributed by atoms with Crippen LogP contribution < -0.4 is 10.6 Å². The Bertz CT molecular complexity index is 703. The lowest BCUT2D eigenvalue weighted by Crippen LogP contribution is -2.24. The first-order valence-corrected chi connectivity index (χ1v) is 7.10. The van der Waals surface area contributed by atoms with Gasteiger partial charge in [0, 0.05) is 12.1 Å². The molecule has 0 bridgehead atoms. The molecule has 0 aliphatic carbocycles. The van der Waals surface area contributed by atoms with Crippen LogP contribution in [0.5, 0.6) is 0 Å². The van der Waals surface area contributed by atoms with Crippen LogP contribution in [0.3, 0.4) is 0 Å². The summed E-state index contributed by atoms with van der Waals surface area (Å²) in [5, 5.41) is 6.16. The molecule has 5 heteroatoms. The maximum atomic E-state index is 13.0. The third kappa shape index (κ3) is 3.06. The van der Waals surface area contributed by atoms with Crippen molar-refractivity contribution in [2.75, 3.05) is 11.9 Å². The van der Waals surface area contributed by atoms with Gasteiger partial charge in [-0.15, -0.1) is 0 Å². The summed E-state index contributed by atoms with van der Waals surface area (Å²) >= 11 is 5.91. The maximum Gasteiger partial charge on any atom is 0.255 e. The van der Waals surface area contributed by atoms with Crippen molar-refractivity contribution in [2.24, 2.45) is 0 Å². The van der Waals surface area contributed by atoms with Gasteiger partial charge in [0.1, 0.15) is 5.82 Å². The zero-order valence-corrected chi connectivity index (χ0v) is 12.0. The van der Waals surface area contributed by atoms with Crippen molar-refractivity contribution >= 4 is 23.2 Å². The standard InChI is InChI=1S/C16H14ClFN2O/c17-14-8-13(18)3-4-15(14)20-16(21)11-2-1-10-5-6-19-9-12(10)7-11/h1-4,7-8,19H,5-6,9H2,(H,20,21). The first-order chi connectivity index (χ1) is 10.1. The molecule has 0 unspecified atom stereocenters. The predicted octanol–water partition coefficient (Wildman–Crippen LogP) is 3.38. The van der Waals surface area contributed by atoms with Gasteiger partial charge in [-0.3, -0.25) is 4.79 Å². The molecule has 0 fully saturated rings. The predicted molar refractivity (Wildman–Crippen MR) is 81.2 cm³/mol. The van der Waals surface area contributed by atoms with Crippen LogP contribution in [-0.4, -0.2) is 12.5 Å². The van der Waals surface area contributed by atoms with Crippen molar-refractivity contribution in [3.63, 3.8) is 0 Å². The Labute approximate surface area is 127 Å². The quantitative estimate of drug-likeness (QED) is 0.893. The van der Waals surface area contributed by atoms with Crippen molar-refractivity contribution in [1.82, 2.24) is 5.32 Å². The number of rotatable bonds is 2. The molecule has 0 radical (unpaired) electrons. The zero-order chi connectivity index (χ0) is 14.8. The van der Waals surface area contributed by atoms with Crippen LogP contribution in [0.25, 0.3) is 0 Å². The summed E-state index contributed by atoms with van der Waals surface area (Å²) in [7, 11) is 0. The fourth-order valence-electron chi connectivity index (χ4n) is 2.41. The van der Waals surface area contributed by atoms with E-state index in [0.717, 1.165) is 25.1 Å². The fraction of sp³-hybridized carbons (Fsp3) is 0.188. The lowest BCUT2D eigenvalue weighted by Gasteiger charge is -2.17. The largest absolute Gasteiger partial charge is 0.321 e. The SMILES string of the molecule is O=C(Nc1ccc(F)cc1Cl)c1ccc2c(c1)CNCC2. The van der Waals surface area contributed by atoms with E-state index in [-0.39, 0.29) is 10.9 Å². The number of fused-ring (bicyclic) bond motifs is 1. The molecule has 21 heavy (non-hydrogen) atoms. The minimum absolute atomic E-state index is 0.183. The normalized spacial score (nSPS) is 13.6. The number of anilines is 1. The van der Waals surface area contributed by atoms with Crippen molar-refractivity contribution in [1.29, 1.82) is 0 Å². The van der Waals surface area contributed by atoms with Crippen LogP contribution in [0.2, 0.25) is 5.02 Å². The van der Waals surface area contributed by atoms with E-state index in [2.05, 4.69) is 10.6 Å². The number of amides is 1. The molecule has 0 spiro atoms. The van der Waals surface area contributed by atoms with E-state index >= 15 is 0 Å². The summed E-state index contributed by atoms with van der Waals surface area (Å²) in [6.45, 7) is 1.73. The molecule has 0 aromatic heterocycles. The van der Waals surface area contributed by atoms with Gasteiger partial charge in [-0.1, -0.05) is 17.7 Å². The Morgan fingerprint density at radius 3 is 2.86 bits per heavy atom. The van der Waals surface area contributed by atoms with Crippen molar-refractivity contribution in [3.8, 4) is 0 Å². The third-order valence-corrected chi connectivity index (χ3v) is 3.85. The van der Waals surface area contributed by atoms with Gasteiger partial charge in [0.05, 0.1) is 10.7 Å². The molecule has 2 aromatic carbocycles. The molecule has 108 valence electrons. The third-order valence-electron chi connectivity index (χ3n) is 3.53. The lowest BCUT2D eigenvalue weighted by molar-refractivity contribution is 0.102. The van der Waals surface area contributed by atoms with Gasteiger partial charge >= 0.3 is 0 Å². The van der Waals surface area contributed by atoms with Gasteiger partial charge < -0.3 is 10.6 Å². The highest BCUT2D eigenvalue weighted by Gasteiger charge is 2.13. The number of hydrogen-bond acceptors (Lipinski definition) is 2. The maximum absolute atomic E-state index is 13.0. The van der Waals surface area contributed by atoms with Crippen LogP contribution in [-0.2, 0) is 13.0 Å². The first-order valence-electron chi connectivity index (χ1n) is 6.72. The summed E-state index contributed by atoms with van der Waals surface area (Å²) in [5.41, 5.74) is 3.38. The van der Waals surface area contributed by atoms with Gasteiger partial charge in [-0.25, -0.2) is 4.39 Å². The Morgan fingerprint density at radius 1 is 1.19 bits per heavy atom. The van der Waals surface area contributed by atoms with E-state index in [9.17, 15) is 9.18 Å². The topological polar surface area (TPSA) is 41.1 Å². The van der Waals surface area contributed by atoms with Crippen molar-refractivity contribution in [2.45, 2.75) is 13.0 Å². The van der Waals surface area contributed by atoms with E-state index < -0.39 is 5.82 Å². The molecular weight excluding hydrogens is 291 g/mol. The number of carbonyl (C=O) groups excluding carboxylic acids is 1. The zero-order valence-electron chi connectivity index (χ0n) is 11.2. The minimum Gasteiger partial charge on any atom is -0.321 e. The Morgan fingerprint density at radius 2 is 2.05 bits per heavy atom.